The van der Waals surface area contributed by atoms with Crippen LogP contribution in [0.3, 0.4) is 0 Å². The van der Waals surface area contributed by atoms with E-state index in [1.54, 1.807) is 18.2 Å². The van der Waals surface area contributed by atoms with E-state index in [1.807, 2.05) is 30.3 Å². The van der Waals surface area contributed by atoms with E-state index in [0.29, 0.717) is 5.56 Å². The topological polar surface area (TPSA) is 29.1 Å². The minimum absolute atomic E-state index is 0.0219. The Balaban J connectivity index is 1.91. The molecule has 0 aliphatic carbocycles. The molecule has 2 nitrogen and oxygen atoms in total. The number of fused-ring (bicyclic) bond motifs is 1. The molecule has 0 heterocycles. The van der Waals surface area contributed by atoms with Crippen molar-refractivity contribution in [2.24, 2.45) is 0 Å². The number of benzene rings is 3. The van der Waals surface area contributed by atoms with Crippen molar-refractivity contribution in [1.29, 1.82) is 0 Å². The first-order valence-corrected chi connectivity index (χ1v) is 6.77. The molecular weight excluding hydrogens is 289 g/mol. The highest BCUT2D eigenvalue weighted by atomic mass is 35.5. The van der Waals surface area contributed by atoms with E-state index < -0.39 is 5.82 Å². The van der Waals surface area contributed by atoms with Gasteiger partial charge in [-0.15, -0.1) is 0 Å². The van der Waals surface area contributed by atoms with E-state index in [9.17, 15) is 9.18 Å². The number of amides is 1. The number of anilines is 1. The average Bonchev–Trinajstić information content (AvgIpc) is 2.51. The zero-order chi connectivity index (χ0) is 14.8. The summed E-state index contributed by atoms with van der Waals surface area (Å²) >= 11 is 5.70. The second-order valence-electron chi connectivity index (χ2n) is 4.62. The van der Waals surface area contributed by atoms with E-state index in [1.165, 1.54) is 12.1 Å². The first-order valence-electron chi connectivity index (χ1n) is 6.39. The summed E-state index contributed by atoms with van der Waals surface area (Å²) < 4.78 is 13.8. The van der Waals surface area contributed by atoms with Gasteiger partial charge in [-0.05, 0) is 35.0 Å². The molecule has 0 saturated carbocycles. The lowest BCUT2D eigenvalue weighted by Crippen LogP contribution is -2.13. The van der Waals surface area contributed by atoms with Crippen molar-refractivity contribution in [3.05, 3.63) is 77.1 Å². The molecule has 0 unspecified atom stereocenters. The summed E-state index contributed by atoms with van der Waals surface area (Å²) in [5, 5.41) is 4.51. The van der Waals surface area contributed by atoms with Crippen LogP contribution in [-0.2, 0) is 0 Å². The van der Waals surface area contributed by atoms with E-state index in [2.05, 4.69) is 5.32 Å². The zero-order valence-corrected chi connectivity index (χ0v) is 11.7. The second-order valence-corrected chi connectivity index (χ2v) is 5.02. The number of hydrogen-bond acceptors (Lipinski definition) is 1. The highest BCUT2D eigenvalue weighted by Gasteiger charge is 2.11. The molecule has 0 atom stereocenters. The number of carbonyl (C=O) groups excluding carboxylic acids is 1. The molecule has 21 heavy (non-hydrogen) atoms. The van der Waals surface area contributed by atoms with Gasteiger partial charge in [-0.3, -0.25) is 4.79 Å². The zero-order valence-electron chi connectivity index (χ0n) is 10.9. The number of rotatable bonds is 2. The predicted octanol–water partition coefficient (Wildman–Crippen LogP) is 4.88. The molecule has 0 spiro atoms. The van der Waals surface area contributed by atoms with E-state index in [4.69, 9.17) is 11.6 Å². The molecule has 0 fully saturated rings. The Morgan fingerprint density at radius 2 is 1.71 bits per heavy atom. The summed E-state index contributed by atoms with van der Waals surface area (Å²) in [7, 11) is 0. The van der Waals surface area contributed by atoms with Gasteiger partial charge in [-0.2, -0.15) is 0 Å². The normalized spacial score (nSPS) is 10.6. The third-order valence-electron chi connectivity index (χ3n) is 3.21. The molecule has 1 N–H and O–H groups in total. The van der Waals surface area contributed by atoms with Crippen molar-refractivity contribution in [3.63, 3.8) is 0 Å². The molecule has 4 heteroatoms. The predicted molar refractivity (Wildman–Crippen MR) is 83.3 cm³/mol. The van der Waals surface area contributed by atoms with Crippen LogP contribution in [0.25, 0.3) is 10.8 Å². The van der Waals surface area contributed by atoms with Crippen molar-refractivity contribution in [3.8, 4) is 0 Å². The number of carbonyl (C=O) groups is 1. The Morgan fingerprint density at radius 1 is 0.952 bits per heavy atom. The molecular formula is C17H11ClFNO. The van der Waals surface area contributed by atoms with Gasteiger partial charge >= 0.3 is 0 Å². The van der Waals surface area contributed by atoms with E-state index >= 15 is 0 Å². The van der Waals surface area contributed by atoms with Crippen LogP contribution < -0.4 is 5.32 Å². The van der Waals surface area contributed by atoms with Crippen molar-refractivity contribution < 1.29 is 9.18 Å². The molecule has 0 saturated heterocycles. The van der Waals surface area contributed by atoms with Crippen molar-refractivity contribution in [2.75, 3.05) is 5.32 Å². The van der Waals surface area contributed by atoms with Gasteiger partial charge in [0.25, 0.3) is 5.91 Å². The smallest absolute Gasteiger partial charge is 0.255 e. The summed E-state index contributed by atoms with van der Waals surface area (Å²) in [6.07, 6.45) is 0. The van der Waals surface area contributed by atoms with Crippen LogP contribution in [0, 0.1) is 5.82 Å². The lowest BCUT2D eigenvalue weighted by atomic mass is 10.1. The molecule has 1 amide bonds. The highest BCUT2D eigenvalue weighted by molar-refractivity contribution is 6.31. The molecule has 0 aliphatic heterocycles. The summed E-state index contributed by atoms with van der Waals surface area (Å²) in [5.74, 6) is -1.00. The third-order valence-corrected chi connectivity index (χ3v) is 3.50. The standard InChI is InChI=1S/C17H11ClFNO/c18-14-6-3-7-15(16(14)19)20-17(21)13-9-8-11-4-1-2-5-12(11)10-13/h1-10H,(H,20,21). The molecule has 3 aromatic carbocycles. The fourth-order valence-corrected chi connectivity index (χ4v) is 2.30. The van der Waals surface area contributed by atoms with Crippen LogP contribution >= 0.6 is 11.6 Å². The summed E-state index contributed by atoms with van der Waals surface area (Å²) in [4.78, 5) is 12.2. The van der Waals surface area contributed by atoms with Gasteiger partial charge in [0.05, 0.1) is 10.7 Å². The van der Waals surface area contributed by atoms with Gasteiger partial charge in [0.2, 0.25) is 0 Å². The lowest BCUT2D eigenvalue weighted by Gasteiger charge is -2.08. The maximum Gasteiger partial charge on any atom is 0.255 e. The second kappa shape index (κ2) is 5.54. The van der Waals surface area contributed by atoms with Gasteiger partial charge in [-0.1, -0.05) is 48.0 Å². The van der Waals surface area contributed by atoms with E-state index in [0.717, 1.165) is 10.8 Å². The van der Waals surface area contributed by atoms with Crippen LogP contribution in [0.1, 0.15) is 10.4 Å². The Labute approximate surface area is 126 Å². The monoisotopic (exact) mass is 299 g/mol. The molecule has 0 radical (unpaired) electrons. The van der Waals surface area contributed by atoms with Crippen LogP contribution in [0.2, 0.25) is 5.02 Å². The first-order chi connectivity index (χ1) is 10.1. The summed E-state index contributed by atoms with van der Waals surface area (Å²) in [6.45, 7) is 0. The highest BCUT2D eigenvalue weighted by Crippen LogP contribution is 2.23. The maximum absolute atomic E-state index is 13.8. The third kappa shape index (κ3) is 2.73. The number of halogens is 2. The Hall–Kier alpha value is -2.39. The molecule has 0 bridgehead atoms. The Kier molecular flexibility index (Phi) is 3.59. The molecule has 3 aromatic rings. The lowest BCUT2D eigenvalue weighted by molar-refractivity contribution is 0.102. The van der Waals surface area contributed by atoms with Crippen LogP contribution in [0.4, 0.5) is 10.1 Å². The maximum atomic E-state index is 13.8. The fourth-order valence-electron chi connectivity index (χ4n) is 2.13. The Bertz CT molecular complexity index is 832. The SMILES string of the molecule is O=C(Nc1cccc(Cl)c1F)c1ccc2ccccc2c1. The average molecular weight is 300 g/mol. The largest absolute Gasteiger partial charge is 0.319 e. The molecule has 0 aromatic heterocycles. The first kappa shape index (κ1) is 13.6. The summed E-state index contributed by atoms with van der Waals surface area (Å²) in [5.41, 5.74) is 0.536. The van der Waals surface area contributed by atoms with Crippen LogP contribution in [0.15, 0.2) is 60.7 Å². The van der Waals surface area contributed by atoms with Crippen LogP contribution in [0.5, 0.6) is 0 Å². The van der Waals surface area contributed by atoms with E-state index in [-0.39, 0.29) is 16.6 Å². The van der Waals surface area contributed by atoms with Gasteiger partial charge in [0.15, 0.2) is 5.82 Å². The minimum Gasteiger partial charge on any atom is -0.319 e. The Morgan fingerprint density at radius 3 is 2.52 bits per heavy atom. The van der Waals surface area contributed by atoms with Crippen molar-refractivity contribution >= 4 is 34.0 Å². The fraction of sp³-hybridized carbons (Fsp3) is 0. The molecule has 0 aliphatic rings. The van der Waals surface area contributed by atoms with Gasteiger partial charge in [0, 0.05) is 5.56 Å². The van der Waals surface area contributed by atoms with Crippen LogP contribution in [-0.4, -0.2) is 5.91 Å². The summed E-state index contributed by atoms with van der Waals surface area (Å²) in [6, 6.07) is 17.6. The number of hydrogen-bond donors (Lipinski definition) is 1. The quantitative estimate of drug-likeness (QED) is 0.717. The van der Waals surface area contributed by atoms with Crippen molar-refractivity contribution in [2.45, 2.75) is 0 Å². The minimum atomic E-state index is -0.631. The van der Waals surface area contributed by atoms with Gasteiger partial charge in [-0.25, -0.2) is 4.39 Å². The van der Waals surface area contributed by atoms with Crippen molar-refractivity contribution in [1.82, 2.24) is 0 Å². The van der Waals surface area contributed by atoms with Gasteiger partial charge in [0.1, 0.15) is 0 Å². The van der Waals surface area contributed by atoms with Gasteiger partial charge < -0.3 is 5.32 Å². The molecule has 104 valence electrons. The molecule has 3 rings (SSSR count). The number of nitrogens with one attached hydrogen (secondary N) is 1.